The topological polar surface area (TPSA) is 68.5 Å². The van der Waals surface area contributed by atoms with Gasteiger partial charge in [0.2, 0.25) is 17.6 Å². The third-order valence-corrected chi connectivity index (χ3v) is 4.06. The zero-order valence-corrected chi connectivity index (χ0v) is 13.3. The number of nitrogens with zero attached hydrogens (tertiary/aromatic N) is 3. The van der Waals surface area contributed by atoms with Gasteiger partial charge in [-0.2, -0.15) is 4.98 Å². The predicted molar refractivity (Wildman–Crippen MR) is 85.0 cm³/mol. The number of aryl methyl sites for hydroxylation is 1. The van der Waals surface area contributed by atoms with Crippen LogP contribution in [0, 0.1) is 0 Å². The van der Waals surface area contributed by atoms with E-state index in [0.717, 1.165) is 37.2 Å². The van der Waals surface area contributed by atoms with E-state index >= 15 is 0 Å². The van der Waals surface area contributed by atoms with Crippen molar-refractivity contribution in [3.05, 3.63) is 30.2 Å². The molecule has 6 nitrogen and oxygen atoms in total. The van der Waals surface area contributed by atoms with Gasteiger partial charge in [0.15, 0.2) is 0 Å². The Kier molecular flexibility index (Phi) is 4.90. The number of rotatable bonds is 5. The Balaban J connectivity index is 1.59. The van der Waals surface area contributed by atoms with Crippen LogP contribution in [-0.2, 0) is 11.2 Å². The number of hydrogen-bond acceptors (Lipinski definition) is 5. The molecule has 2 aromatic rings. The number of likely N-dealkylation sites (tertiary alicyclic amines) is 1. The molecular weight excluding hydrogens is 294 g/mol. The highest BCUT2D eigenvalue weighted by Crippen LogP contribution is 2.21. The van der Waals surface area contributed by atoms with Crippen molar-refractivity contribution >= 4 is 5.91 Å². The average molecular weight is 315 g/mol. The van der Waals surface area contributed by atoms with Crippen LogP contribution in [0.3, 0.4) is 0 Å². The third kappa shape index (κ3) is 3.88. The number of carbonyl (C=O) groups excluding carboxylic acids is 1. The first-order valence-corrected chi connectivity index (χ1v) is 8.01. The summed E-state index contributed by atoms with van der Waals surface area (Å²) in [7, 11) is 1.62. The molecule has 122 valence electrons. The fourth-order valence-electron chi connectivity index (χ4n) is 2.75. The van der Waals surface area contributed by atoms with Gasteiger partial charge >= 0.3 is 0 Å². The maximum Gasteiger partial charge on any atom is 0.227 e. The third-order valence-electron chi connectivity index (χ3n) is 4.06. The lowest BCUT2D eigenvalue weighted by atomic mass is 10.1. The van der Waals surface area contributed by atoms with Crippen LogP contribution in [0.5, 0.6) is 5.75 Å². The summed E-state index contributed by atoms with van der Waals surface area (Å²) in [5.41, 5.74) is 0.835. The van der Waals surface area contributed by atoms with Crippen molar-refractivity contribution in [3.8, 4) is 17.1 Å². The lowest BCUT2D eigenvalue weighted by Crippen LogP contribution is -2.35. The van der Waals surface area contributed by atoms with E-state index in [1.807, 2.05) is 29.2 Å². The molecule has 0 radical (unpaired) electrons. The van der Waals surface area contributed by atoms with Gasteiger partial charge in [-0.25, -0.2) is 0 Å². The Labute approximate surface area is 135 Å². The molecule has 1 amide bonds. The molecule has 6 heteroatoms. The number of hydrogen-bond donors (Lipinski definition) is 0. The number of ether oxygens (including phenoxy) is 1. The molecule has 3 rings (SSSR count). The smallest absolute Gasteiger partial charge is 0.227 e. The van der Waals surface area contributed by atoms with E-state index in [-0.39, 0.29) is 5.91 Å². The van der Waals surface area contributed by atoms with Gasteiger partial charge in [0.05, 0.1) is 7.11 Å². The average Bonchev–Trinajstić information content (AvgIpc) is 3.09. The highest BCUT2D eigenvalue weighted by atomic mass is 16.5. The van der Waals surface area contributed by atoms with Crippen LogP contribution in [0.15, 0.2) is 28.8 Å². The molecular formula is C17H21N3O3. The largest absolute Gasteiger partial charge is 0.497 e. The molecule has 0 aliphatic carbocycles. The first-order chi connectivity index (χ1) is 11.3. The molecule has 1 aromatic heterocycles. The second-order valence-electron chi connectivity index (χ2n) is 5.69. The van der Waals surface area contributed by atoms with E-state index in [1.54, 1.807) is 7.11 Å². The van der Waals surface area contributed by atoms with Crippen molar-refractivity contribution in [2.75, 3.05) is 20.2 Å². The molecule has 1 aliphatic rings. The summed E-state index contributed by atoms with van der Waals surface area (Å²) in [5.74, 6) is 1.93. The summed E-state index contributed by atoms with van der Waals surface area (Å²) < 4.78 is 10.5. The predicted octanol–water partition coefficient (Wildman–Crippen LogP) is 2.69. The molecule has 1 aliphatic heterocycles. The van der Waals surface area contributed by atoms with Crippen LogP contribution in [0.25, 0.3) is 11.4 Å². The highest BCUT2D eigenvalue weighted by Gasteiger charge is 2.17. The maximum atomic E-state index is 12.2. The van der Waals surface area contributed by atoms with Crippen LogP contribution in [-0.4, -0.2) is 41.1 Å². The Hall–Kier alpha value is -2.37. The number of aromatic nitrogens is 2. The lowest BCUT2D eigenvalue weighted by molar-refractivity contribution is -0.132. The van der Waals surface area contributed by atoms with Gasteiger partial charge in [-0.1, -0.05) is 17.3 Å². The van der Waals surface area contributed by atoms with E-state index in [4.69, 9.17) is 9.26 Å². The van der Waals surface area contributed by atoms with E-state index in [2.05, 4.69) is 10.1 Å². The summed E-state index contributed by atoms with van der Waals surface area (Å²) in [5, 5.41) is 3.99. The minimum Gasteiger partial charge on any atom is -0.497 e. The van der Waals surface area contributed by atoms with E-state index in [1.165, 1.54) is 6.42 Å². The molecule has 23 heavy (non-hydrogen) atoms. The molecule has 0 spiro atoms. The fraction of sp³-hybridized carbons (Fsp3) is 0.471. The second kappa shape index (κ2) is 7.26. The van der Waals surface area contributed by atoms with E-state index in [0.29, 0.717) is 24.6 Å². The summed E-state index contributed by atoms with van der Waals surface area (Å²) in [6, 6.07) is 7.50. The Morgan fingerprint density at radius 3 is 2.91 bits per heavy atom. The molecule has 1 saturated heterocycles. The summed E-state index contributed by atoms with van der Waals surface area (Å²) >= 11 is 0. The normalized spacial score (nSPS) is 14.7. The molecule has 0 atom stereocenters. The van der Waals surface area contributed by atoms with Crippen LogP contribution in [0.1, 0.15) is 31.6 Å². The first kappa shape index (κ1) is 15.5. The van der Waals surface area contributed by atoms with Gasteiger partial charge in [-0.3, -0.25) is 4.79 Å². The van der Waals surface area contributed by atoms with E-state index in [9.17, 15) is 4.79 Å². The van der Waals surface area contributed by atoms with Crippen LogP contribution in [0.2, 0.25) is 0 Å². The number of amides is 1. The van der Waals surface area contributed by atoms with Crippen LogP contribution in [0.4, 0.5) is 0 Å². The number of methoxy groups -OCH3 is 1. The van der Waals surface area contributed by atoms with Gasteiger partial charge in [0.25, 0.3) is 0 Å². The Morgan fingerprint density at radius 1 is 1.30 bits per heavy atom. The van der Waals surface area contributed by atoms with Gasteiger partial charge < -0.3 is 14.2 Å². The number of carbonyl (C=O) groups is 1. The summed E-state index contributed by atoms with van der Waals surface area (Å²) in [6.45, 7) is 1.75. The Bertz CT molecular complexity index is 663. The van der Waals surface area contributed by atoms with Gasteiger partial charge in [0, 0.05) is 31.5 Å². The minimum atomic E-state index is 0.172. The summed E-state index contributed by atoms with van der Waals surface area (Å²) in [4.78, 5) is 18.5. The molecule has 1 fully saturated rings. The van der Waals surface area contributed by atoms with Crippen LogP contribution < -0.4 is 4.74 Å². The van der Waals surface area contributed by atoms with Crippen molar-refractivity contribution < 1.29 is 14.1 Å². The zero-order valence-electron chi connectivity index (χ0n) is 13.3. The van der Waals surface area contributed by atoms with Crippen molar-refractivity contribution in [2.45, 2.75) is 32.1 Å². The lowest BCUT2D eigenvalue weighted by Gasteiger charge is -2.26. The molecule has 2 heterocycles. The second-order valence-corrected chi connectivity index (χ2v) is 5.69. The van der Waals surface area contributed by atoms with Crippen molar-refractivity contribution in [1.29, 1.82) is 0 Å². The molecule has 0 N–H and O–H groups in total. The van der Waals surface area contributed by atoms with Crippen molar-refractivity contribution in [2.24, 2.45) is 0 Å². The molecule has 0 bridgehead atoms. The quantitative estimate of drug-likeness (QED) is 0.848. The SMILES string of the molecule is COc1cccc(-c2noc(CCC(=O)N3CCCCC3)n2)c1. The molecule has 0 unspecified atom stereocenters. The maximum absolute atomic E-state index is 12.2. The Morgan fingerprint density at radius 2 is 2.13 bits per heavy atom. The van der Waals surface area contributed by atoms with Crippen LogP contribution >= 0.6 is 0 Å². The first-order valence-electron chi connectivity index (χ1n) is 8.01. The standard InChI is InChI=1S/C17H21N3O3/c1-22-14-7-5-6-13(12-14)17-18-15(23-19-17)8-9-16(21)20-10-3-2-4-11-20/h5-7,12H,2-4,8-11H2,1H3. The van der Waals surface area contributed by atoms with E-state index < -0.39 is 0 Å². The molecule has 0 saturated carbocycles. The fourth-order valence-corrected chi connectivity index (χ4v) is 2.75. The van der Waals surface area contributed by atoms with Crippen molar-refractivity contribution in [3.63, 3.8) is 0 Å². The monoisotopic (exact) mass is 315 g/mol. The van der Waals surface area contributed by atoms with Gasteiger partial charge in [-0.15, -0.1) is 0 Å². The number of piperidine rings is 1. The van der Waals surface area contributed by atoms with Gasteiger partial charge in [0.1, 0.15) is 5.75 Å². The molecule has 1 aromatic carbocycles. The van der Waals surface area contributed by atoms with Gasteiger partial charge in [-0.05, 0) is 31.4 Å². The summed E-state index contributed by atoms with van der Waals surface area (Å²) in [6.07, 6.45) is 4.32. The zero-order chi connectivity index (χ0) is 16.1. The van der Waals surface area contributed by atoms with Crippen molar-refractivity contribution in [1.82, 2.24) is 15.0 Å². The minimum absolute atomic E-state index is 0.172. The highest BCUT2D eigenvalue weighted by molar-refractivity contribution is 5.76. The number of benzene rings is 1.